The van der Waals surface area contributed by atoms with Gasteiger partial charge in [-0.3, -0.25) is 9.59 Å². The van der Waals surface area contributed by atoms with Crippen LogP contribution in [-0.2, 0) is 4.79 Å². The van der Waals surface area contributed by atoms with Gasteiger partial charge in [-0.05, 0) is 22.4 Å². The Morgan fingerprint density at radius 3 is 2.78 bits per heavy atom. The summed E-state index contributed by atoms with van der Waals surface area (Å²) in [5.74, 6) is -1.11. The molecule has 0 unspecified atom stereocenters. The molecule has 2 N–H and O–H groups in total. The van der Waals surface area contributed by atoms with Gasteiger partial charge in [0.2, 0.25) is 0 Å². The molecule has 1 amide bonds. The van der Waals surface area contributed by atoms with E-state index in [2.05, 4.69) is 5.32 Å². The van der Waals surface area contributed by atoms with Crippen LogP contribution in [0.3, 0.4) is 0 Å². The summed E-state index contributed by atoms with van der Waals surface area (Å²) in [7, 11) is 0. The Balaban J connectivity index is 2.23. The minimum Gasteiger partial charge on any atom is -0.481 e. The van der Waals surface area contributed by atoms with Crippen molar-refractivity contribution in [3.8, 4) is 0 Å². The smallest absolute Gasteiger partial charge is 0.305 e. The van der Waals surface area contributed by atoms with E-state index >= 15 is 0 Å². The number of rotatable bonds is 2. The molecule has 1 atom stereocenters. The molecule has 0 spiro atoms. The van der Waals surface area contributed by atoms with Crippen LogP contribution >= 0.6 is 0 Å². The summed E-state index contributed by atoms with van der Waals surface area (Å²) < 4.78 is 0. The van der Waals surface area contributed by atoms with Crippen LogP contribution in [0.5, 0.6) is 0 Å². The van der Waals surface area contributed by atoms with Gasteiger partial charge in [0, 0.05) is 5.56 Å². The van der Waals surface area contributed by atoms with E-state index in [9.17, 15) is 9.59 Å². The van der Waals surface area contributed by atoms with Gasteiger partial charge in [0.25, 0.3) is 5.91 Å². The van der Waals surface area contributed by atoms with Crippen molar-refractivity contribution in [1.82, 2.24) is 5.32 Å². The Bertz CT molecular complexity index is 661. The summed E-state index contributed by atoms with van der Waals surface area (Å²) in [4.78, 5) is 22.7. The maximum absolute atomic E-state index is 11.8. The molecule has 0 bridgehead atoms. The van der Waals surface area contributed by atoms with Crippen LogP contribution in [0, 0.1) is 0 Å². The Labute approximate surface area is 103 Å². The van der Waals surface area contributed by atoms with Gasteiger partial charge < -0.3 is 10.4 Å². The summed E-state index contributed by atoms with van der Waals surface area (Å²) in [6.45, 7) is 0. The molecule has 2 aromatic carbocycles. The second-order valence-corrected chi connectivity index (χ2v) is 4.37. The second kappa shape index (κ2) is 3.84. The molecule has 4 heteroatoms. The molecule has 0 fully saturated rings. The number of nitrogens with one attached hydrogen (secondary N) is 1. The number of carboxylic acids is 1. The largest absolute Gasteiger partial charge is 0.481 e. The lowest BCUT2D eigenvalue weighted by Gasteiger charge is -2.11. The number of carbonyl (C=O) groups is 2. The van der Waals surface area contributed by atoms with Gasteiger partial charge in [-0.1, -0.05) is 30.3 Å². The molecule has 2 aromatic rings. The molecule has 0 aromatic heterocycles. The van der Waals surface area contributed by atoms with Crippen molar-refractivity contribution in [2.24, 2.45) is 0 Å². The molecular weight excluding hydrogens is 230 g/mol. The first-order valence-electron chi connectivity index (χ1n) is 5.71. The zero-order chi connectivity index (χ0) is 12.7. The molecule has 0 aliphatic carbocycles. The third-order valence-corrected chi connectivity index (χ3v) is 3.25. The first kappa shape index (κ1) is 10.8. The van der Waals surface area contributed by atoms with Gasteiger partial charge in [0.05, 0.1) is 12.5 Å². The zero-order valence-corrected chi connectivity index (χ0v) is 9.51. The highest BCUT2D eigenvalue weighted by molar-refractivity contribution is 6.05. The third kappa shape index (κ3) is 1.54. The highest BCUT2D eigenvalue weighted by Gasteiger charge is 2.31. The average Bonchev–Trinajstić information content (AvgIpc) is 2.66. The number of fused-ring (bicyclic) bond motifs is 3. The van der Waals surface area contributed by atoms with Crippen LogP contribution in [0.15, 0.2) is 36.4 Å². The topological polar surface area (TPSA) is 66.4 Å². The standard InChI is InChI=1S/C14H11NO3/c16-12(17)7-11-13-9-4-2-1-3-8(9)5-6-10(13)14(18)15-11/h1-6,11H,7H2,(H,15,18)(H,16,17)/t11-/m0/s1. The number of aliphatic carboxylic acids is 1. The zero-order valence-electron chi connectivity index (χ0n) is 9.51. The summed E-state index contributed by atoms with van der Waals surface area (Å²) in [6, 6.07) is 10.9. The molecule has 3 rings (SSSR count). The Hall–Kier alpha value is -2.36. The lowest BCUT2D eigenvalue weighted by atomic mass is 9.95. The lowest BCUT2D eigenvalue weighted by molar-refractivity contribution is -0.137. The number of amides is 1. The Morgan fingerprint density at radius 1 is 1.22 bits per heavy atom. The fourth-order valence-electron chi connectivity index (χ4n) is 2.50. The second-order valence-electron chi connectivity index (χ2n) is 4.37. The number of carbonyl (C=O) groups excluding carboxylic acids is 1. The van der Waals surface area contributed by atoms with Gasteiger partial charge >= 0.3 is 5.97 Å². The highest BCUT2D eigenvalue weighted by Crippen LogP contribution is 2.34. The molecule has 0 radical (unpaired) electrons. The van der Waals surface area contributed by atoms with Gasteiger partial charge in [-0.2, -0.15) is 0 Å². The fourth-order valence-corrected chi connectivity index (χ4v) is 2.50. The number of carboxylic acid groups (broad SMARTS) is 1. The number of hydrogen-bond acceptors (Lipinski definition) is 2. The summed E-state index contributed by atoms with van der Waals surface area (Å²) in [5.41, 5.74) is 1.39. The summed E-state index contributed by atoms with van der Waals surface area (Å²) in [6.07, 6.45) is -0.0905. The first-order chi connectivity index (χ1) is 8.66. The molecule has 18 heavy (non-hydrogen) atoms. The fraction of sp³-hybridized carbons (Fsp3) is 0.143. The van der Waals surface area contributed by atoms with E-state index in [1.165, 1.54) is 0 Å². The minimum atomic E-state index is -0.916. The molecule has 1 aliphatic rings. The molecule has 90 valence electrons. The molecule has 0 saturated carbocycles. The van der Waals surface area contributed by atoms with E-state index in [1.54, 1.807) is 6.07 Å². The van der Waals surface area contributed by atoms with Crippen molar-refractivity contribution < 1.29 is 14.7 Å². The van der Waals surface area contributed by atoms with Gasteiger partial charge in [0.15, 0.2) is 0 Å². The maximum Gasteiger partial charge on any atom is 0.305 e. The van der Waals surface area contributed by atoms with E-state index in [0.29, 0.717) is 5.56 Å². The van der Waals surface area contributed by atoms with Crippen molar-refractivity contribution in [1.29, 1.82) is 0 Å². The van der Waals surface area contributed by atoms with E-state index in [0.717, 1.165) is 16.3 Å². The van der Waals surface area contributed by atoms with Gasteiger partial charge in [0.1, 0.15) is 0 Å². The van der Waals surface area contributed by atoms with Crippen LogP contribution in [-0.4, -0.2) is 17.0 Å². The van der Waals surface area contributed by atoms with E-state index in [4.69, 9.17) is 5.11 Å². The normalized spacial score (nSPS) is 17.6. The van der Waals surface area contributed by atoms with Crippen LogP contribution in [0.2, 0.25) is 0 Å². The van der Waals surface area contributed by atoms with E-state index in [-0.39, 0.29) is 12.3 Å². The maximum atomic E-state index is 11.8. The molecule has 4 nitrogen and oxygen atoms in total. The lowest BCUT2D eigenvalue weighted by Crippen LogP contribution is -2.21. The first-order valence-corrected chi connectivity index (χ1v) is 5.71. The van der Waals surface area contributed by atoms with Crippen molar-refractivity contribution >= 4 is 22.6 Å². The van der Waals surface area contributed by atoms with Crippen LogP contribution < -0.4 is 5.32 Å². The Morgan fingerprint density at radius 2 is 2.00 bits per heavy atom. The highest BCUT2D eigenvalue weighted by atomic mass is 16.4. The quantitative estimate of drug-likeness (QED) is 0.846. The van der Waals surface area contributed by atoms with E-state index in [1.807, 2.05) is 30.3 Å². The van der Waals surface area contributed by atoms with Crippen molar-refractivity contribution in [3.63, 3.8) is 0 Å². The molecular formula is C14H11NO3. The predicted molar refractivity (Wildman–Crippen MR) is 66.4 cm³/mol. The van der Waals surface area contributed by atoms with Crippen molar-refractivity contribution in [3.05, 3.63) is 47.5 Å². The summed E-state index contributed by atoms with van der Waals surface area (Å²) in [5, 5.41) is 13.6. The number of hydrogen-bond donors (Lipinski definition) is 2. The van der Waals surface area contributed by atoms with Crippen molar-refractivity contribution in [2.45, 2.75) is 12.5 Å². The van der Waals surface area contributed by atoms with Crippen molar-refractivity contribution in [2.75, 3.05) is 0 Å². The van der Waals surface area contributed by atoms with Crippen LogP contribution in [0.4, 0.5) is 0 Å². The minimum absolute atomic E-state index is 0.0905. The van der Waals surface area contributed by atoms with Gasteiger partial charge in [-0.15, -0.1) is 0 Å². The van der Waals surface area contributed by atoms with Gasteiger partial charge in [-0.25, -0.2) is 0 Å². The molecule has 1 aliphatic heterocycles. The predicted octanol–water partition coefficient (Wildman–Crippen LogP) is 2.10. The van der Waals surface area contributed by atoms with E-state index < -0.39 is 12.0 Å². The van der Waals surface area contributed by atoms with Crippen LogP contribution in [0.25, 0.3) is 10.8 Å². The van der Waals surface area contributed by atoms with Crippen LogP contribution in [0.1, 0.15) is 28.4 Å². The molecule has 0 saturated heterocycles. The Kier molecular flexibility index (Phi) is 2.30. The summed E-state index contributed by atoms with van der Waals surface area (Å²) >= 11 is 0. The SMILES string of the molecule is O=C(O)C[C@@H]1NC(=O)c2ccc3ccccc3c21. The number of benzene rings is 2. The average molecular weight is 241 g/mol. The molecule has 1 heterocycles. The third-order valence-electron chi connectivity index (χ3n) is 3.25. The monoisotopic (exact) mass is 241 g/mol.